The highest BCUT2D eigenvalue weighted by Gasteiger charge is 2.22. The summed E-state index contributed by atoms with van der Waals surface area (Å²) in [6.07, 6.45) is 1.84. The minimum Gasteiger partial charge on any atom is -0.493 e. The van der Waals surface area contributed by atoms with Crippen molar-refractivity contribution in [3.8, 4) is 17.2 Å². The molecule has 0 spiro atoms. The summed E-state index contributed by atoms with van der Waals surface area (Å²) in [7, 11) is 1.34. The normalized spacial score (nSPS) is 15.4. The SMILES string of the molecule is COc1ccc(/C=C2/CCOc3ccc(F)cc3C2=O)cc1OC(F)F. The standard InChI is InChI=1S/C19H15F3O4/c1-24-16-4-2-11(9-17(16)26-19(21)22)8-12-6-7-25-15-5-3-13(20)10-14(15)18(12)23/h2-5,8-10,19H,6-7H2,1H3/b12-8-. The molecule has 0 amide bonds. The van der Waals surface area contributed by atoms with Crippen LogP contribution in [0.1, 0.15) is 22.3 Å². The fraction of sp³-hybridized carbons (Fsp3) is 0.211. The predicted molar refractivity (Wildman–Crippen MR) is 88.4 cm³/mol. The van der Waals surface area contributed by atoms with E-state index in [0.717, 1.165) is 6.07 Å². The summed E-state index contributed by atoms with van der Waals surface area (Å²) in [6.45, 7) is -2.76. The van der Waals surface area contributed by atoms with Crippen molar-refractivity contribution in [2.45, 2.75) is 13.0 Å². The minimum absolute atomic E-state index is 0.131. The zero-order chi connectivity index (χ0) is 18.7. The molecule has 1 aliphatic heterocycles. The van der Waals surface area contributed by atoms with Gasteiger partial charge in [-0.3, -0.25) is 4.79 Å². The van der Waals surface area contributed by atoms with E-state index in [1.807, 2.05) is 0 Å². The van der Waals surface area contributed by atoms with Crippen LogP contribution >= 0.6 is 0 Å². The first-order valence-electron chi connectivity index (χ1n) is 7.78. The van der Waals surface area contributed by atoms with Crippen molar-refractivity contribution >= 4 is 11.9 Å². The van der Waals surface area contributed by atoms with Gasteiger partial charge < -0.3 is 14.2 Å². The van der Waals surface area contributed by atoms with Gasteiger partial charge in [-0.05, 0) is 42.0 Å². The van der Waals surface area contributed by atoms with Gasteiger partial charge in [0.2, 0.25) is 0 Å². The van der Waals surface area contributed by atoms with Gasteiger partial charge in [0, 0.05) is 12.0 Å². The fourth-order valence-corrected chi connectivity index (χ4v) is 2.67. The monoisotopic (exact) mass is 364 g/mol. The molecule has 0 fully saturated rings. The van der Waals surface area contributed by atoms with Gasteiger partial charge in [0.1, 0.15) is 11.6 Å². The van der Waals surface area contributed by atoms with Crippen LogP contribution in [0, 0.1) is 5.82 Å². The number of carbonyl (C=O) groups is 1. The molecule has 0 radical (unpaired) electrons. The number of Topliss-reactive ketones (excluding diaryl/α,β-unsaturated/α-hetero) is 1. The smallest absolute Gasteiger partial charge is 0.387 e. The molecule has 0 saturated carbocycles. The number of fused-ring (bicyclic) bond motifs is 1. The van der Waals surface area contributed by atoms with Crippen LogP contribution in [0.15, 0.2) is 42.0 Å². The first kappa shape index (κ1) is 17.8. The van der Waals surface area contributed by atoms with Gasteiger partial charge in [0.15, 0.2) is 17.3 Å². The third-order valence-electron chi connectivity index (χ3n) is 3.85. The number of rotatable bonds is 4. The first-order valence-corrected chi connectivity index (χ1v) is 7.78. The Hall–Kier alpha value is -2.96. The number of ether oxygens (including phenoxy) is 3. The summed E-state index contributed by atoms with van der Waals surface area (Å²) < 4.78 is 53.5. The number of hydrogen-bond acceptors (Lipinski definition) is 4. The van der Waals surface area contributed by atoms with Gasteiger partial charge in [-0.1, -0.05) is 6.07 Å². The lowest BCUT2D eigenvalue weighted by atomic mass is 9.99. The van der Waals surface area contributed by atoms with Crippen LogP contribution in [0.2, 0.25) is 0 Å². The Balaban J connectivity index is 1.97. The van der Waals surface area contributed by atoms with E-state index in [1.165, 1.54) is 31.4 Å². The van der Waals surface area contributed by atoms with Gasteiger partial charge in [-0.15, -0.1) is 0 Å². The molecule has 1 heterocycles. The Labute approximate surface area is 147 Å². The van der Waals surface area contributed by atoms with Crippen LogP contribution in [0.25, 0.3) is 6.08 Å². The molecule has 0 atom stereocenters. The Morgan fingerprint density at radius 1 is 1.15 bits per heavy atom. The summed E-state index contributed by atoms with van der Waals surface area (Å²) in [4.78, 5) is 12.7. The first-order chi connectivity index (χ1) is 12.5. The number of carbonyl (C=O) groups excluding carboxylic acids is 1. The highest BCUT2D eigenvalue weighted by Crippen LogP contribution is 2.32. The fourth-order valence-electron chi connectivity index (χ4n) is 2.67. The summed E-state index contributed by atoms with van der Waals surface area (Å²) >= 11 is 0. The number of alkyl halides is 2. The molecule has 0 bridgehead atoms. The lowest BCUT2D eigenvalue weighted by molar-refractivity contribution is -0.0512. The summed E-state index contributed by atoms with van der Waals surface area (Å²) in [5.41, 5.74) is 0.985. The minimum atomic E-state index is -3.01. The highest BCUT2D eigenvalue weighted by molar-refractivity contribution is 6.13. The maximum Gasteiger partial charge on any atom is 0.387 e. The van der Waals surface area contributed by atoms with Crippen LogP contribution in [-0.2, 0) is 0 Å². The molecule has 7 heteroatoms. The Kier molecular flexibility index (Phi) is 5.16. The zero-order valence-electron chi connectivity index (χ0n) is 13.8. The molecule has 2 aromatic rings. The second kappa shape index (κ2) is 7.51. The number of methoxy groups -OCH3 is 1. The Morgan fingerprint density at radius 3 is 2.69 bits per heavy atom. The molecule has 2 aromatic carbocycles. The summed E-state index contributed by atoms with van der Waals surface area (Å²) in [5, 5.41) is 0. The van der Waals surface area contributed by atoms with Crippen LogP contribution < -0.4 is 14.2 Å². The average Bonchev–Trinajstić information content (AvgIpc) is 2.75. The second-order valence-electron chi connectivity index (χ2n) is 5.53. The van der Waals surface area contributed by atoms with Crippen molar-refractivity contribution in [2.24, 2.45) is 0 Å². The van der Waals surface area contributed by atoms with E-state index in [0.29, 0.717) is 23.3 Å². The third-order valence-corrected chi connectivity index (χ3v) is 3.85. The van der Waals surface area contributed by atoms with Crippen LogP contribution in [-0.4, -0.2) is 26.1 Å². The van der Waals surface area contributed by atoms with Crippen molar-refractivity contribution in [1.82, 2.24) is 0 Å². The molecule has 0 aliphatic carbocycles. The molecule has 0 N–H and O–H groups in total. The van der Waals surface area contributed by atoms with E-state index in [9.17, 15) is 18.0 Å². The molecular weight excluding hydrogens is 349 g/mol. The van der Waals surface area contributed by atoms with Crippen molar-refractivity contribution in [2.75, 3.05) is 13.7 Å². The molecular formula is C19H15F3O4. The quantitative estimate of drug-likeness (QED) is 0.750. The maximum absolute atomic E-state index is 13.5. The Morgan fingerprint density at radius 2 is 1.96 bits per heavy atom. The molecule has 4 nitrogen and oxygen atoms in total. The summed E-state index contributed by atoms with van der Waals surface area (Å²) in [5.74, 6) is -0.588. The van der Waals surface area contributed by atoms with E-state index in [-0.39, 0.29) is 29.5 Å². The van der Waals surface area contributed by atoms with Crippen molar-refractivity contribution < 1.29 is 32.2 Å². The van der Waals surface area contributed by atoms with Crippen LogP contribution in [0.3, 0.4) is 0 Å². The van der Waals surface area contributed by atoms with Crippen molar-refractivity contribution in [1.29, 1.82) is 0 Å². The average molecular weight is 364 g/mol. The lowest BCUT2D eigenvalue weighted by Crippen LogP contribution is -2.04. The van der Waals surface area contributed by atoms with E-state index in [1.54, 1.807) is 12.1 Å². The molecule has 0 unspecified atom stereocenters. The van der Waals surface area contributed by atoms with Crippen LogP contribution in [0.5, 0.6) is 17.2 Å². The maximum atomic E-state index is 13.5. The van der Waals surface area contributed by atoms with Crippen molar-refractivity contribution in [3.63, 3.8) is 0 Å². The number of ketones is 1. The number of hydrogen-bond donors (Lipinski definition) is 0. The molecule has 1 aliphatic rings. The van der Waals surface area contributed by atoms with Crippen LogP contribution in [0.4, 0.5) is 13.2 Å². The molecule has 0 aromatic heterocycles. The Bertz CT molecular complexity index is 862. The van der Waals surface area contributed by atoms with E-state index in [2.05, 4.69) is 4.74 Å². The van der Waals surface area contributed by atoms with Gasteiger partial charge in [-0.2, -0.15) is 8.78 Å². The second-order valence-corrected chi connectivity index (χ2v) is 5.53. The predicted octanol–water partition coefficient (Wildman–Crippen LogP) is 4.48. The topological polar surface area (TPSA) is 44.8 Å². The lowest BCUT2D eigenvalue weighted by Gasteiger charge is -2.11. The van der Waals surface area contributed by atoms with E-state index >= 15 is 0 Å². The summed E-state index contributed by atoms with van der Waals surface area (Å²) in [6, 6.07) is 8.18. The van der Waals surface area contributed by atoms with Gasteiger partial charge in [0.05, 0.1) is 19.3 Å². The molecule has 26 heavy (non-hydrogen) atoms. The largest absolute Gasteiger partial charge is 0.493 e. The van der Waals surface area contributed by atoms with E-state index in [4.69, 9.17) is 9.47 Å². The van der Waals surface area contributed by atoms with Gasteiger partial charge in [0.25, 0.3) is 0 Å². The third kappa shape index (κ3) is 3.82. The molecule has 0 saturated heterocycles. The number of benzene rings is 2. The van der Waals surface area contributed by atoms with Crippen molar-refractivity contribution in [3.05, 3.63) is 58.9 Å². The zero-order valence-corrected chi connectivity index (χ0v) is 13.8. The molecule has 136 valence electrons. The van der Waals surface area contributed by atoms with Gasteiger partial charge in [-0.25, -0.2) is 4.39 Å². The number of halogens is 3. The molecule has 3 rings (SSSR count). The van der Waals surface area contributed by atoms with E-state index < -0.39 is 12.4 Å². The highest BCUT2D eigenvalue weighted by atomic mass is 19.3. The van der Waals surface area contributed by atoms with Gasteiger partial charge >= 0.3 is 6.61 Å².